The largest absolute Gasteiger partial charge is 0.366 e. The zero-order valence-corrected chi connectivity index (χ0v) is 11.3. The van der Waals surface area contributed by atoms with Crippen LogP contribution in [0, 0.1) is 6.92 Å². The Kier molecular flexibility index (Phi) is 5.97. The molecule has 15 heavy (non-hydrogen) atoms. The molecule has 0 aliphatic rings. The average molecular weight is 261 g/mol. The van der Waals surface area contributed by atoms with Gasteiger partial charge in [0.25, 0.3) is 0 Å². The lowest BCUT2D eigenvalue weighted by atomic mass is 10.6. The van der Waals surface area contributed by atoms with Gasteiger partial charge in [0, 0.05) is 30.5 Å². The van der Waals surface area contributed by atoms with Crippen molar-refractivity contribution in [1.29, 1.82) is 0 Å². The number of hydrogen-bond acceptors (Lipinski definition) is 4. The van der Waals surface area contributed by atoms with Crippen LogP contribution in [0.1, 0.15) is 10.7 Å². The van der Waals surface area contributed by atoms with Gasteiger partial charge in [-0.25, -0.2) is 4.98 Å². The van der Waals surface area contributed by atoms with Crippen molar-refractivity contribution < 1.29 is 0 Å². The molecule has 0 bridgehead atoms. The van der Waals surface area contributed by atoms with E-state index in [1.165, 1.54) is 5.69 Å². The van der Waals surface area contributed by atoms with E-state index in [-0.39, 0.29) is 0 Å². The molecule has 0 aliphatic carbocycles. The van der Waals surface area contributed by atoms with Crippen LogP contribution in [0.4, 0.5) is 0 Å². The first-order chi connectivity index (χ1) is 7.22. The molecular formula is C9H15N3S3. The van der Waals surface area contributed by atoms with Gasteiger partial charge in [-0.3, -0.25) is 0 Å². The molecular weight excluding hydrogens is 246 g/mol. The number of thioether (sulfide) groups is 1. The molecule has 0 aliphatic heterocycles. The number of nitrogens with zero attached hydrogens (tertiary/aromatic N) is 1. The Morgan fingerprint density at radius 2 is 2.47 bits per heavy atom. The summed E-state index contributed by atoms with van der Waals surface area (Å²) in [6.45, 7) is 2.93. The maximum absolute atomic E-state index is 4.96. The molecule has 3 nitrogen and oxygen atoms in total. The zero-order chi connectivity index (χ0) is 11.1. The van der Waals surface area contributed by atoms with E-state index in [0.717, 1.165) is 23.1 Å². The summed E-state index contributed by atoms with van der Waals surface area (Å²) in [6.07, 6.45) is 0. The van der Waals surface area contributed by atoms with E-state index in [9.17, 15) is 0 Å². The van der Waals surface area contributed by atoms with Crippen molar-refractivity contribution in [2.24, 2.45) is 0 Å². The van der Waals surface area contributed by atoms with Crippen LogP contribution in [-0.4, -0.2) is 29.4 Å². The first kappa shape index (κ1) is 12.7. The predicted molar refractivity (Wildman–Crippen MR) is 72.7 cm³/mol. The van der Waals surface area contributed by atoms with E-state index in [0.29, 0.717) is 5.11 Å². The third kappa shape index (κ3) is 5.34. The van der Waals surface area contributed by atoms with E-state index in [4.69, 9.17) is 12.2 Å². The van der Waals surface area contributed by atoms with E-state index in [1.54, 1.807) is 11.3 Å². The third-order valence-electron chi connectivity index (χ3n) is 1.68. The Hall–Kier alpha value is -0.330. The molecule has 0 aromatic carbocycles. The van der Waals surface area contributed by atoms with Gasteiger partial charge in [0.15, 0.2) is 5.11 Å². The highest BCUT2D eigenvalue weighted by Crippen LogP contribution is 2.14. The van der Waals surface area contributed by atoms with Crippen molar-refractivity contribution in [2.75, 3.05) is 19.3 Å². The van der Waals surface area contributed by atoms with Crippen LogP contribution in [0.15, 0.2) is 5.38 Å². The summed E-state index contributed by atoms with van der Waals surface area (Å²) < 4.78 is 0. The van der Waals surface area contributed by atoms with Crippen molar-refractivity contribution in [3.8, 4) is 0 Å². The number of aromatic nitrogens is 1. The Labute approximate surface area is 104 Å². The average Bonchev–Trinajstić information content (AvgIpc) is 2.63. The van der Waals surface area contributed by atoms with Gasteiger partial charge in [0.05, 0.1) is 10.7 Å². The lowest BCUT2D eigenvalue weighted by Gasteiger charge is -2.05. The molecule has 0 spiro atoms. The van der Waals surface area contributed by atoms with Crippen molar-refractivity contribution >= 4 is 40.4 Å². The summed E-state index contributed by atoms with van der Waals surface area (Å²) >= 11 is 8.53. The summed E-state index contributed by atoms with van der Waals surface area (Å²) in [6, 6.07) is 0. The van der Waals surface area contributed by atoms with Crippen LogP contribution in [-0.2, 0) is 5.75 Å². The minimum atomic E-state index is 0.708. The highest BCUT2D eigenvalue weighted by atomic mass is 32.2. The molecule has 0 unspecified atom stereocenters. The predicted octanol–water partition coefficient (Wildman–Crippen LogP) is 1.78. The molecule has 0 saturated heterocycles. The Morgan fingerprint density at radius 1 is 1.67 bits per heavy atom. The Morgan fingerprint density at radius 3 is 3.07 bits per heavy atom. The number of rotatable bonds is 5. The van der Waals surface area contributed by atoms with Crippen LogP contribution < -0.4 is 10.6 Å². The Balaban J connectivity index is 2.05. The molecule has 0 atom stereocenters. The van der Waals surface area contributed by atoms with Crippen molar-refractivity contribution in [3.05, 3.63) is 16.1 Å². The fourth-order valence-corrected chi connectivity index (χ4v) is 2.54. The van der Waals surface area contributed by atoms with Crippen LogP contribution >= 0.6 is 35.3 Å². The molecule has 0 saturated carbocycles. The van der Waals surface area contributed by atoms with Gasteiger partial charge in [0.2, 0.25) is 0 Å². The number of thiazole rings is 1. The molecule has 84 valence electrons. The molecule has 1 rings (SSSR count). The monoisotopic (exact) mass is 261 g/mol. The third-order valence-corrected chi connectivity index (χ3v) is 3.84. The van der Waals surface area contributed by atoms with Gasteiger partial charge in [-0.2, -0.15) is 11.8 Å². The zero-order valence-electron chi connectivity index (χ0n) is 8.87. The van der Waals surface area contributed by atoms with Gasteiger partial charge in [-0.05, 0) is 19.1 Å². The first-order valence-electron chi connectivity index (χ1n) is 4.66. The van der Waals surface area contributed by atoms with E-state index >= 15 is 0 Å². The summed E-state index contributed by atoms with van der Waals surface area (Å²) in [5.74, 6) is 2.02. The fraction of sp³-hybridized carbons (Fsp3) is 0.556. The molecule has 1 aromatic heterocycles. The second kappa shape index (κ2) is 7.03. The Bertz CT molecular complexity index is 311. The van der Waals surface area contributed by atoms with Crippen LogP contribution in [0.2, 0.25) is 0 Å². The van der Waals surface area contributed by atoms with E-state index < -0.39 is 0 Å². The smallest absolute Gasteiger partial charge is 0.166 e. The number of hydrogen-bond donors (Lipinski definition) is 2. The number of nitrogens with one attached hydrogen (secondary N) is 2. The quantitative estimate of drug-likeness (QED) is 0.624. The second-order valence-corrected chi connectivity index (χ2v) is 5.49. The van der Waals surface area contributed by atoms with E-state index in [2.05, 4.69) is 21.0 Å². The second-order valence-electron chi connectivity index (χ2n) is 2.92. The van der Waals surface area contributed by atoms with Crippen LogP contribution in [0.5, 0.6) is 0 Å². The summed E-state index contributed by atoms with van der Waals surface area (Å²) in [7, 11) is 1.82. The molecule has 0 amide bonds. The first-order valence-corrected chi connectivity index (χ1v) is 7.11. The SMILES string of the molecule is CNC(=S)NCCSCc1csc(C)n1. The highest BCUT2D eigenvalue weighted by Gasteiger charge is 1.98. The lowest BCUT2D eigenvalue weighted by Crippen LogP contribution is -2.33. The maximum Gasteiger partial charge on any atom is 0.166 e. The molecule has 0 fully saturated rings. The standard InChI is InChI=1S/C9H15N3S3/c1-7-12-8(6-15-7)5-14-4-3-11-9(13)10-2/h6H,3-5H2,1-2H3,(H2,10,11,13). The molecule has 1 aromatic rings. The van der Waals surface area contributed by atoms with E-state index in [1.807, 2.05) is 25.7 Å². The molecule has 6 heteroatoms. The summed E-state index contributed by atoms with van der Waals surface area (Å²) in [4.78, 5) is 4.40. The minimum Gasteiger partial charge on any atom is -0.366 e. The topological polar surface area (TPSA) is 37.0 Å². The molecule has 2 N–H and O–H groups in total. The summed E-state index contributed by atoms with van der Waals surface area (Å²) in [5.41, 5.74) is 1.18. The van der Waals surface area contributed by atoms with Gasteiger partial charge in [-0.15, -0.1) is 11.3 Å². The maximum atomic E-state index is 4.96. The highest BCUT2D eigenvalue weighted by molar-refractivity contribution is 7.98. The summed E-state index contributed by atoms with van der Waals surface area (Å²) in [5, 5.41) is 9.95. The van der Waals surface area contributed by atoms with Crippen molar-refractivity contribution in [3.63, 3.8) is 0 Å². The normalized spacial score (nSPS) is 10.0. The number of thiocarbonyl (C=S) groups is 1. The van der Waals surface area contributed by atoms with Gasteiger partial charge in [-0.1, -0.05) is 0 Å². The van der Waals surface area contributed by atoms with Gasteiger partial charge >= 0.3 is 0 Å². The number of aryl methyl sites for hydroxylation is 1. The molecule has 1 heterocycles. The van der Waals surface area contributed by atoms with Gasteiger partial charge < -0.3 is 10.6 Å². The molecule has 0 radical (unpaired) electrons. The van der Waals surface area contributed by atoms with Crippen molar-refractivity contribution in [1.82, 2.24) is 15.6 Å². The van der Waals surface area contributed by atoms with Crippen molar-refractivity contribution in [2.45, 2.75) is 12.7 Å². The van der Waals surface area contributed by atoms with Crippen LogP contribution in [0.25, 0.3) is 0 Å². The lowest BCUT2D eigenvalue weighted by molar-refractivity contribution is 0.942. The van der Waals surface area contributed by atoms with Gasteiger partial charge in [0.1, 0.15) is 0 Å². The van der Waals surface area contributed by atoms with Crippen LogP contribution in [0.3, 0.4) is 0 Å². The fourth-order valence-electron chi connectivity index (χ4n) is 0.976. The minimum absolute atomic E-state index is 0.708.